The van der Waals surface area contributed by atoms with Crippen LogP contribution in [0.4, 0.5) is 0 Å². The summed E-state index contributed by atoms with van der Waals surface area (Å²) < 4.78 is 0. The van der Waals surface area contributed by atoms with Crippen LogP contribution in [0.5, 0.6) is 0 Å². The summed E-state index contributed by atoms with van der Waals surface area (Å²) >= 11 is 0. The van der Waals surface area contributed by atoms with E-state index in [9.17, 15) is 15.0 Å². The van der Waals surface area contributed by atoms with Crippen LogP contribution in [0.15, 0.2) is 0 Å². The molecule has 2 saturated heterocycles. The van der Waals surface area contributed by atoms with Gasteiger partial charge < -0.3 is 10.2 Å². The van der Waals surface area contributed by atoms with Crippen LogP contribution in [0.1, 0.15) is 78.6 Å². The van der Waals surface area contributed by atoms with Gasteiger partial charge in [0.15, 0.2) is 0 Å². The second-order valence-corrected chi connectivity index (χ2v) is 13.2. The average Bonchev–Trinajstić information content (AvgIpc) is 3.09. The molecule has 2 N–H and O–H groups in total. The molecule has 0 bridgehead atoms. The van der Waals surface area contributed by atoms with E-state index in [1.165, 1.54) is 25.8 Å². The highest BCUT2D eigenvalue weighted by Gasteiger charge is 2.64. The maximum Gasteiger partial charge on any atom is 0.136 e. The minimum Gasteiger partial charge on any atom is -0.393 e. The van der Waals surface area contributed by atoms with Crippen molar-refractivity contribution in [3.8, 4) is 0 Å². The Balaban J connectivity index is 1.31. The Hall–Kier alpha value is -0.450. The molecule has 4 nitrogen and oxygen atoms in total. The SMILES string of the molecule is C[C@H]1CC[C@@H]2N(C1)C[C@@H]1[C@@H]3C[C@@H]4[C@H](CC(=O)[C@@H]5C[C@@H](O)CC[C@]45C)[C@@H]3CC[C@H]1[C@@]2(C)O. The lowest BCUT2D eigenvalue weighted by atomic mass is 9.51. The summed E-state index contributed by atoms with van der Waals surface area (Å²) in [4.78, 5) is 15.9. The number of ketones is 1. The molecular weight excluding hydrogens is 386 g/mol. The van der Waals surface area contributed by atoms with E-state index in [1.54, 1.807) is 0 Å². The molecule has 0 aromatic rings. The molecule has 0 aromatic carbocycles. The highest BCUT2D eigenvalue weighted by molar-refractivity contribution is 5.83. The van der Waals surface area contributed by atoms with Crippen molar-refractivity contribution in [2.45, 2.75) is 96.3 Å². The number of hydrogen-bond donors (Lipinski definition) is 2. The molecule has 6 fully saturated rings. The van der Waals surface area contributed by atoms with Gasteiger partial charge in [0, 0.05) is 31.5 Å². The fraction of sp³-hybridized carbons (Fsp3) is 0.963. The molecule has 31 heavy (non-hydrogen) atoms. The van der Waals surface area contributed by atoms with E-state index in [2.05, 4.69) is 25.7 Å². The molecule has 0 amide bonds. The summed E-state index contributed by atoms with van der Waals surface area (Å²) in [6.07, 6.45) is 9.08. The molecule has 2 aliphatic heterocycles. The molecule has 0 radical (unpaired) electrons. The lowest BCUT2D eigenvalue weighted by Gasteiger charge is -2.59. The van der Waals surface area contributed by atoms with Crippen molar-refractivity contribution in [2.75, 3.05) is 13.1 Å². The first-order valence-electron chi connectivity index (χ1n) is 13.4. The first-order valence-corrected chi connectivity index (χ1v) is 13.4. The molecule has 2 heterocycles. The number of hydrogen-bond acceptors (Lipinski definition) is 4. The van der Waals surface area contributed by atoms with Gasteiger partial charge in [-0.3, -0.25) is 9.69 Å². The zero-order valence-electron chi connectivity index (χ0n) is 19.8. The van der Waals surface area contributed by atoms with Crippen LogP contribution in [0.25, 0.3) is 0 Å². The van der Waals surface area contributed by atoms with Gasteiger partial charge in [-0.1, -0.05) is 13.8 Å². The quantitative estimate of drug-likeness (QED) is 0.613. The third kappa shape index (κ3) is 2.93. The normalized spacial score (nSPS) is 59.2. The van der Waals surface area contributed by atoms with Crippen LogP contribution in [-0.2, 0) is 4.79 Å². The third-order valence-corrected chi connectivity index (χ3v) is 11.8. The molecular formula is C27H43NO3. The van der Waals surface area contributed by atoms with Gasteiger partial charge >= 0.3 is 0 Å². The number of fused-ring (bicyclic) bond motifs is 8. The smallest absolute Gasteiger partial charge is 0.136 e. The van der Waals surface area contributed by atoms with E-state index in [-0.39, 0.29) is 17.4 Å². The van der Waals surface area contributed by atoms with Gasteiger partial charge in [-0.05, 0) is 105 Å². The second-order valence-electron chi connectivity index (χ2n) is 13.2. The zero-order chi connectivity index (χ0) is 21.7. The first kappa shape index (κ1) is 21.1. The number of aliphatic hydroxyl groups is 2. The number of Topliss-reactive ketones (excluding diaryl/α,β-unsaturated/α-hetero) is 1. The van der Waals surface area contributed by atoms with Gasteiger partial charge in [-0.15, -0.1) is 0 Å². The molecule has 0 unspecified atom stereocenters. The topological polar surface area (TPSA) is 60.8 Å². The fourth-order valence-corrected chi connectivity index (χ4v) is 10.4. The monoisotopic (exact) mass is 429 g/mol. The maximum absolute atomic E-state index is 13.2. The lowest BCUT2D eigenvalue weighted by Crippen LogP contribution is -2.67. The number of piperidine rings is 2. The Morgan fingerprint density at radius 1 is 0.903 bits per heavy atom. The van der Waals surface area contributed by atoms with E-state index >= 15 is 0 Å². The van der Waals surface area contributed by atoms with E-state index < -0.39 is 5.60 Å². The van der Waals surface area contributed by atoms with E-state index in [0.717, 1.165) is 44.6 Å². The predicted molar refractivity (Wildman–Crippen MR) is 120 cm³/mol. The molecule has 12 atom stereocenters. The molecule has 6 aliphatic rings. The molecule has 0 spiro atoms. The van der Waals surface area contributed by atoms with Crippen LogP contribution in [0.2, 0.25) is 0 Å². The van der Waals surface area contributed by atoms with Crippen LogP contribution in [-0.4, -0.2) is 51.7 Å². The van der Waals surface area contributed by atoms with Crippen molar-refractivity contribution < 1.29 is 15.0 Å². The molecule has 4 aliphatic carbocycles. The van der Waals surface area contributed by atoms with E-state index in [4.69, 9.17) is 0 Å². The average molecular weight is 430 g/mol. The third-order valence-electron chi connectivity index (χ3n) is 11.8. The van der Waals surface area contributed by atoms with Crippen molar-refractivity contribution >= 4 is 5.78 Å². The fourth-order valence-electron chi connectivity index (χ4n) is 10.4. The van der Waals surface area contributed by atoms with Gasteiger partial charge in [-0.2, -0.15) is 0 Å². The van der Waals surface area contributed by atoms with Crippen LogP contribution in [0.3, 0.4) is 0 Å². The number of aliphatic hydroxyl groups excluding tert-OH is 1. The van der Waals surface area contributed by atoms with Gasteiger partial charge in [0.25, 0.3) is 0 Å². The Morgan fingerprint density at radius 3 is 2.52 bits per heavy atom. The summed E-state index contributed by atoms with van der Waals surface area (Å²) in [5.74, 6) is 4.82. The van der Waals surface area contributed by atoms with Gasteiger partial charge in [0.05, 0.1) is 11.7 Å². The Kier molecular flexibility index (Phi) is 4.78. The van der Waals surface area contributed by atoms with Gasteiger partial charge in [0.1, 0.15) is 5.78 Å². The molecule has 0 aromatic heterocycles. The summed E-state index contributed by atoms with van der Waals surface area (Å²) in [5, 5.41) is 22.1. The van der Waals surface area contributed by atoms with E-state index in [1.807, 2.05) is 0 Å². The first-order chi connectivity index (χ1) is 14.7. The summed E-state index contributed by atoms with van der Waals surface area (Å²) in [7, 11) is 0. The van der Waals surface area contributed by atoms with Crippen molar-refractivity contribution in [3.63, 3.8) is 0 Å². The maximum atomic E-state index is 13.2. The minimum atomic E-state index is -0.570. The van der Waals surface area contributed by atoms with Crippen molar-refractivity contribution in [1.29, 1.82) is 0 Å². The summed E-state index contributed by atoms with van der Waals surface area (Å²) in [5.41, 5.74) is -0.482. The molecule has 6 rings (SSSR count). The predicted octanol–water partition coefficient (Wildman–Crippen LogP) is 3.89. The Labute approximate surface area is 188 Å². The minimum absolute atomic E-state index is 0.0789. The molecule has 174 valence electrons. The van der Waals surface area contributed by atoms with Gasteiger partial charge in [-0.25, -0.2) is 0 Å². The molecule has 4 saturated carbocycles. The Bertz CT molecular complexity index is 751. The number of rotatable bonds is 0. The van der Waals surface area contributed by atoms with Gasteiger partial charge in [0.2, 0.25) is 0 Å². The summed E-state index contributed by atoms with van der Waals surface area (Å²) in [6, 6.07) is 0.341. The van der Waals surface area contributed by atoms with Crippen LogP contribution >= 0.6 is 0 Å². The number of carbonyl (C=O) groups is 1. The zero-order valence-corrected chi connectivity index (χ0v) is 19.8. The van der Waals surface area contributed by atoms with Crippen LogP contribution < -0.4 is 0 Å². The van der Waals surface area contributed by atoms with E-state index in [0.29, 0.717) is 53.8 Å². The van der Waals surface area contributed by atoms with Crippen molar-refractivity contribution in [1.82, 2.24) is 4.90 Å². The largest absolute Gasteiger partial charge is 0.393 e. The standard InChI is InChI=1S/C27H43NO3/c1-15-4-7-25-27(3,31)21-6-5-17-18(20(21)14-28(25)13-15)11-22-19(17)12-24(30)23-10-16(29)8-9-26(22,23)2/h15-23,25,29,31H,4-14H2,1-3H3/t15-,16-,17+,18+,19+,20+,21+,22+,23-,25-,26+,27+/m0/s1. The highest BCUT2D eigenvalue weighted by Crippen LogP contribution is 2.66. The lowest BCUT2D eigenvalue weighted by molar-refractivity contribution is -0.175. The van der Waals surface area contributed by atoms with Crippen molar-refractivity contribution in [3.05, 3.63) is 0 Å². The number of carbonyl (C=O) groups excluding carboxylic acids is 1. The summed E-state index contributed by atoms with van der Waals surface area (Å²) in [6.45, 7) is 9.23. The Morgan fingerprint density at radius 2 is 1.71 bits per heavy atom. The van der Waals surface area contributed by atoms with Crippen LogP contribution in [0, 0.1) is 52.8 Å². The highest BCUT2D eigenvalue weighted by atomic mass is 16.3. The molecule has 4 heteroatoms. The number of nitrogens with zero attached hydrogens (tertiary/aromatic N) is 1. The second kappa shape index (κ2) is 7.03. The van der Waals surface area contributed by atoms with Crippen molar-refractivity contribution in [2.24, 2.45) is 52.8 Å².